The first-order chi connectivity index (χ1) is 6.48. The van der Waals surface area contributed by atoms with Gasteiger partial charge in [0.05, 0.1) is 16.1 Å². The van der Waals surface area contributed by atoms with Gasteiger partial charge in [-0.2, -0.15) is 0 Å². The molecule has 1 heterocycles. The zero-order valence-corrected chi connectivity index (χ0v) is 9.52. The van der Waals surface area contributed by atoms with Crippen molar-refractivity contribution in [2.75, 3.05) is 0 Å². The van der Waals surface area contributed by atoms with E-state index >= 15 is 0 Å². The Balaban J connectivity index is 2.80. The zero-order valence-electron chi connectivity index (χ0n) is 8.70. The fourth-order valence-corrected chi connectivity index (χ4v) is 1.85. The van der Waals surface area contributed by atoms with Crippen molar-refractivity contribution in [3.8, 4) is 0 Å². The third-order valence-corrected chi connectivity index (χ3v) is 3.36. The van der Waals surface area contributed by atoms with Crippen molar-refractivity contribution in [2.45, 2.75) is 33.6 Å². The second-order valence-electron chi connectivity index (χ2n) is 3.75. The second-order valence-corrected chi connectivity index (χ2v) is 4.82. The molecule has 0 bridgehead atoms. The fourth-order valence-electron chi connectivity index (χ4n) is 1.24. The highest BCUT2D eigenvalue weighted by atomic mass is 32.1. The van der Waals surface area contributed by atoms with E-state index in [2.05, 4.69) is 4.98 Å². The molecule has 0 saturated carbocycles. The van der Waals surface area contributed by atoms with Gasteiger partial charge in [0, 0.05) is 11.8 Å². The number of carboxylic acid groups (broad SMARTS) is 1. The third-order valence-electron chi connectivity index (χ3n) is 2.53. The van der Waals surface area contributed by atoms with Gasteiger partial charge in [-0.05, 0) is 20.3 Å². The Morgan fingerprint density at radius 2 is 2.36 bits per heavy atom. The molecule has 4 heteroatoms. The van der Waals surface area contributed by atoms with Crippen molar-refractivity contribution in [3.63, 3.8) is 0 Å². The number of rotatable bonds is 4. The molecule has 0 aromatic carbocycles. The Labute approximate surface area is 87.8 Å². The van der Waals surface area contributed by atoms with Gasteiger partial charge >= 0.3 is 5.97 Å². The summed E-state index contributed by atoms with van der Waals surface area (Å²) in [7, 11) is 0. The molecule has 0 amide bonds. The molecule has 1 atom stereocenters. The van der Waals surface area contributed by atoms with Gasteiger partial charge in [-0.1, -0.05) is 6.92 Å². The van der Waals surface area contributed by atoms with E-state index in [0.717, 1.165) is 10.7 Å². The molecule has 0 aliphatic heterocycles. The van der Waals surface area contributed by atoms with Crippen LogP contribution in [-0.2, 0) is 11.2 Å². The molecular weight excluding hydrogens is 198 g/mol. The molecule has 0 spiro atoms. The minimum absolute atomic E-state index is 0.517. The number of thiazole rings is 1. The maximum Gasteiger partial charge on any atom is 0.309 e. The lowest BCUT2D eigenvalue weighted by molar-refractivity contribution is -0.148. The van der Waals surface area contributed by atoms with E-state index in [0.29, 0.717) is 12.8 Å². The molecule has 1 rings (SSSR count). The molecule has 14 heavy (non-hydrogen) atoms. The molecule has 78 valence electrons. The Kier molecular flexibility index (Phi) is 3.26. The number of nitrogens with zero attached hydrogens (tertiary/aromatic N) is 1. The normalized spacial score (nSPS) is 15.1. The van der Waals surface area contributed by atoms with Gasteiger partial charge in [-0.15, -0.1) is 11.3 Å². The van der Waals surface area contributed by atoms with E-state index < -0.39 is 11.4 Å². The van der Waals surface area contributed by atoms with Crippen LogP contribution in [0.15, 0.2) is 5.38 Å². The van der Waals surface area contributed by atoms with E-state index in [9.17, 15) is 4.79 Å². The molecule has 0 saturated heterocycles. The predicted molar refractivity (Wildman–Crippen MR) is 56.6 cm³/mol. The lowest BCUT2D eigenvalue weighted by Gasteiger charge is -2.21. The maximum atomic E-state index is 11.0. The van der Waals surface area contributed by atoms with Crippen LogP contribution < -0.4 is 0 Å². The van der Waals surface area contributed by atoms with Crippen molar-refractivity contribution in [2.24, 2.45) is 5.41 Å². The highest BCUT2D eigenvalue weighted by Gasteiger charge is 2.31. The molecule has 1 unspecified atom stereocenters. The highest BCUT2D eigenvalue weighted by Crippen LogP contribution is 2.27. The maximum absolute atomic E-state index is 11.0. The van der Waals surface area contributed by atoms with Crippen LogP contribution in [0.3, 0.4) is 0 Å². The average molecular weight is 213 g/mol. The molecule has 1 aromatic heterocycles. The van der Waals surface area contributed by atoms with Crippen molar-refractivity contribution in [3.05, 3.63) is 16.1 Å². The number of hydrogen-bond donors (Lipinski definition) is 1. The summed E-state index contributed by atoms with van der Waals surface area (Å²) < 4.78 is 0. The topological polar surface area (TPSA) is 50.2 Å². The standard InChI is InChI=1S/C10H15NO2S/c1-4-10(3,9(12)13)5-8-6-14-7(2)11-8/h6H,4-5H2,1-3H3,(H,12,13). The van der Waals surface area contributed by atoms with Gasteiger partial charge in [0.2, 0.25) is 0 Å². The van der Waals surface area contributed by atoms with E-state index in [-0.39, 0.29) is 0 Å². The zero-order chi connectivity index (χ0) is 10.8. The Morgan fingerprint density at radius 1 is 1.71 bits per heavy atom. The van der Waals surface area contributed by atoms with E-state index in [4.69, 9.17) is 5.11 Å². The van der Waals surface area contributed by atoms with Crippen LogP contribution in [0.5, 0.6) is 0 Å². The predicted octanol–water partition coefficient (Wildman–Crippen LogP) is 2.49. The number of hydrogen-bond acceptors (Lipinski definition) is 3. The lowest BCUT2D eigenvalue weighted by Crippen LogP contribution is -2.29. The van der Waals surface area contributed by atoms with Crippen LogP contribution in [0.2, 0.25) is 0 Å². The van der Waals surface area contributed by atoms with Crippen LogP contribution in [0.4, 0.5) is 0 Å². The Bertz CT molecular complexity index is 335. The average Bonchev–Trinajstić information content (AvgIpc) is 2.50. The number of carboxylic acids is 1. The second kappa shape index (κ2) is 4.09. The highest BCUT2D eigenvalue weighted by molar-refractivity contribution is 7.09. The monoisotopic (exact) mass is 213 g/mol. The van der Waals surface area contributed by atoms with Gasteiger partial charge in [-0.25, -0.2) is 4.98 Å². The summed E-state index contributed by atoms with van der Waals surface area (Å²) >= 11 is 1.56. The van der Waals surface area contributed by atoms with E-state index in [1.807, 2.05) is 19.2 Å². The summed E-state index contributed by atoms with van der Waals surface area (Å²) in [6, 6.07) is 0. The molecule has 1 aromatic rings. The van der Waals surface area contributed by atoms with Crippen LogP contribution in [0, 0.1) is 12.3 Å². The third kappa shape index (κ3) is 2.32. The number of aryl methyl sites for hydroxylation is 1. The summed E-state index contributed by atoms with van der Waals surface area (Å²) in [5, 5.41) is 12.0. The van der Waals surface area contributed by atoms with Crippen LogP contribution in [0.1, 0.15) is 31.0 Å². The van der Waals surface area contributed by atoms with Gasteiger partial charge in [0.1, 0.15) is 0 Å². The quantitative estimate of drug-likeness (QED) is 0.836. The summed E-state index contributed by atoms with van der Waals surface area (Å²) in [4.78, 5) is 15.3. The van der Waals surface area contributed by atoms with Gasteiger partial charge in [-0.3, -0.25) is 4.79 Å². The van der Waals surface area contributed by atoms with Crippen molar-refractivity contribution < 1.29 is 9.90 Å². The van der Waals surface area contributed by atoms with Crippen LogP contribution in [-0.4, -0.2) is 16.1 Å². The first-order valence-electron chi connectivity index (χ1n) is 4.62. The first-order valence-corrected chi connectivity index (χ1v) is 5.50. The lowest BCUT2D eigenvalue weighted by atomic mass is 9.83. The fraction of sp³-hybridized carbons (Fsp3) is 0.600. The van der Waals surface area contributed by atoms with Crippen molar-refractivity contribution in [1.29, 1.82) is 0 Å². The summed E-state index contributed by atoms with van der Waals surface area (Å²) in [5.74, 6) is -0.745. The van der Waals surface area contributed by atoms with Gasteiger partial charge < -0.3 is 5.11 Å². The molecule has 1 N–H and O–H groups in total. The smallest absolute Gasteiger partial charge is 0.309 e. The van der Waals surface area contributed by atoms with E-state index in [1.54, 1.807) is 18.3 Å². The molecular formula is C10H15NO2S. The number of aromatic nitrogens is 1. The van der Waals surface area contributed by atoms with Gasteiger partial charge in [0.25, 0.3) is 0 Å². The van der Waals surface area contributed by atoms with Crippen molar-refractivity contribution in [1.82, 2.24) is 4.98 Å². The van der Waals surface area contributed by atoms with Crippen molar-refractivity contribution >= 4 is 17.3 Å². The molecule has 0 aliphatic carbocycles. The Hall–Kier alpha value is -0.900. The Morgan fingerprint density at radius 3 is 2.71 bits per heavy atom. The largest absolute Gasteiger partial charge is 0.481 e. The minimum atomic E-state index is -0.745. The number of aliphatic carboxylic acids is 1. The molecule has 0 radical (unpaired) electrons. The summed E-state index contributed by atoms with van der Waals surface area (Å²) in [6.07, 6.45) is 1.14. The van der Waals surface area contributed by atoms with Crippen LogP contribution in [0.25, 0.3) is 0 Å². The van der Waals surface area contributed by atoms with Gasteiger partial charge in [0.15, 0.2) is 0 Å². The summed E-state index contributed by atoms with van der Waals surface area (Å²) in [6.45, 7) is 5.59. The van der Waals surface area contributed by atoms with E-state index in [1.165, 1.54) is 0 Å². The van der Waals surface area contributed by atoms with Crippen LogP contribution >= 0.6 is 11.3 Å². The molecule has 3 nitrogen and oxygen atoms in total. The SMILES string of the molecule is CCC(C)(Cc1csc(C)n1)C(=O)O. The number of carbonyl (C=O) groups is 1. The first kappa shape index (κ1) is 11.2. The minimum Gasteiger partial charge on any atom is -0.481 e. The molecule has 0 aliphatic rings. The molecule has 0 fully saturated rings. The summed E-state index contributed by atoms with van der Waals surface area (Å²) in [5.41, 5.74) is 0.208.